The minimum Gasteiger partial charge on any atom is -0.326 e. The monoisotopic (exact) mass is 465 g/mol. The number of nitrogens with one attached hydrogen (secondary N) is 2. The molecule has 31 heavy (non-hydrogen) atoms. The van der Waals surface area contributed by atoms with Crippen LogP contribution in [-0.4, -0.2) is 35.0 Å². The second kappa shape index (κ2) is 8.51. The Kier molecular flexibility index (Phi) is 6.33. The van der Waals surface area contributed by atoms with Crippen LogP contribution in [0.4, 0.5) is 17.1 Å². The van der Waals surface area contributed by atoms with Crippen LogP contribution < -0.4 is 14.3 Å². The third-order valence-electron chi connectivity index (χ3n) is 5.23. The van der Waals surface area contributed by atoms with Gasteiger partial charge in [0.1, 0.15) is 0 Å². The third kappa shape index (κ3) is 4.85. The Morgan fingerprint density at radius 2 is 1.71 bits per heavy atom. The van der Waals surface area contributed by atoms with E-state index in [0.717, 1.165) is 5.56 Å². The topological polar surface area (TPSA) is 113 Å². The molecular weight excluding hydrogens is 438 g/mol. The van der Waals surface area contributed by atoms with E-state index < -0.39 is 20.0 Å². The summed E-state index contributed by atoms with van der Waals surface area (Å²) in [5.74, 6) is -0.221. The lowest BCUT2D eigenvalue weighted by Gasteiger charge is -2.30. The number of sulfonamides is 2. The second-order valence-corrected chi connectivity index (χ2v) is 11.5. The summed E-state index contributed by atoms with van der Waals surface area (Å²) in [6.07, 6.45) is 1.34. The fraction of sp³-hybridized carbons (Fsp3) is 0.381. The van der Waals surface area contributed by atoms with E-state index in [-0.39, 0.29) is 16.6 Å². The maximum atomic E-state index is 13.0. The molecule has 0 atom stereocenters. The average molecular weight is 466 g/mol. The highest BCUT2D eigenvalue weighted by Gasteiger charge is 2.26. The molecule has 0 aliphatic carbocycles. The minimum atomic E-state index is -3.87. The third-order valence-corrected chi connectivity index (χ3v) is 8.37. The molecule has 168 valence electrons. The molecule has 0 bridgehead atoms. The number of hydrogen-bond acceptors (Lipinski definition) is 5. The van der Waals surface area contributed by atoms with Crippen molar-refractivity contribution >= 4 is 43.0 Å². The molecule has 1 heterocycles. The van der Waals surface area contributed by atoms with E-state index in [9.17, 15) is 21.6 Å². The first kappa shape index (κ1) is 23.1. The van der Waals surface area contributed by atoms with E-state index >= 15 is 0 Å². The summed E-state index contributed by atoms with van der Waals surface area (Å²) in [7, 11) is -7.25. The molecule has 8 nitrogen and oxygen atoms in total. The Bertz CT molecular complexity index is 1210. The van der Waals surface area contributed by atoms with Crippen LogP contribution in [0.25, 0.3) is 0 Å². The Balaban J connectivity index is 1.92. The van der Waals surface area contributed by atoms with E-state index in [1.54, 1.807) is 39.0 Å². The SMILES string of the molecule is CCS(=O)(=O)N1CCCc2cc(NS(=O)(=O)c3cc(C)c(NC(C)=O)c(C)c3)ccc21. The summed E-state index contributed by atoms with van der Waals surface area (Å²) in [6.45, 7) is 6.90. The number of benzene rings is 2. The van der Waals surface area contributed by atoms with Gasteiger partial charge in [-0.1, -0.05) is 0 Å². The first-order valence-electron chi connectivity index (χ1n) is 9.99. The summed E-state index contributed by atoms with van der Waals surface area (Å²) in [5, 5.41) is 2.72. The van der Waals surface area contributed by atoms with Crippen LogP contribution in [0.3, 0.4) is 0 Å². The molecule has 0 radical (unpaired) electrons. The van der Waals surface area contributed by atoms with Gasteiger partial charge in [-0.2, -0.15) is 0 Å². The Morgan fingerprint density at radius 1 is 1.06 bits per heavy atom. The molecule has 1 aliphatic heterocycles. The van der Waals surface area contributed by atoms with Crippen LogP contribution in [0.5, 0.6) is 0 Å². The van der Waals surface area contributed by atoms with Gasteiger partial charge in [0.15, 0.2) is 0 Å². The fourth-order valence-electron chi connectivity index (χ4n) is 3.74. The summed E-state index contributed by atoms with van der Waals surface area (Å²) in [4.78, 5) is 11.5. The van der Waals surface area contributed by atoms with Gasteiger partial charge in [0.25, 0.3) is 10.0 Å². The van der Waals surface area contributed by atoms with Gasteiger partial charge in [0, 0.05) is 24.8 Å². The van der Waals surface area contributed by atoms with Crippen molar-refractivity contribution in [2.75, 3.05) is 26.6 Å². The number of rotatable bonds is 6. The molecule has 1 amide bonds. The van der Waals surface area contributed by atoms with Crippen molar-refractivity contribution in [3.8, 4) is 0 Å². The van der Waals surface area contributed by atoms with Gasteiger partial charge in [-0.15, -0.1) is 0 Å². The van der Waals surface area contributed by atoms with Crippen molar-refractivity contribution in [3.05, 3.63) is 47.0 Å². The van der Waals surface area contributed by atoms with Crippen LogP contribution >= 0.6 is 0 Å². The Hall–Kier alpha value is -2.59. The van der Waals surface area contributed by atoms with Crippen molar-refractivity contribution in [3.63, 3.8) is 0 Å². The highest BCUT2D eigenvalue weighted by molar-refractivity contribution is 7.93. The lowest BCUT2D eigenvalue weighted by Crippen LogP contribution is -2.36. The van der Waals surface area contributed by atoms with E-state index in [1.807, 2.05) is 0 Å². The number of anilines is 3. The molecule has 1 aliphatic rings. The van der Waals surface area contributed by atoms with Gasteiger partial charge in [-0.3, -0.25) is 13.8 Å². The van der Waals surface area contributed by atoms with Crippen molar-refractivity contribution < 1.29 is 21.6 Å². The number of amides is 1. The van der Waals surface area contributed by atoms with Crippen LogP contribution in [0.1, 0.15) is 37.0 Å². The highest BCUT2D eigenvalue weighted by atomic mass is 32.2. The first-order valence-corrected chi connectivity index (χ1v) is 13.1. The molecule has 2 aromatic rings. The molecule has 0 spiro atoms. The number of nitrogens with zero attached hydrogens (tertiary/aromatic N) is 1. The number of carbonyl (C=O) groups is 1. The van der Waals surface area contributed by atoms with Gasteiger partial charge < -0.3 is 5.32 Å². The second-order valence-electron chi connectivity index (χ2n) is 7.64. The van der Waals surface area contributed by atoms with E-state index in [2.05, 4.69) is 10.0 Å². The van der Waals surface area contributed by atoms with Gasteiger partial charge in [0.05, 0.1) is 16.3 Å². The average Bonchev–Trinajstić information content (AvgIpc) is 2.69. The normalized spacial score (nSPS) is 14.1. The molecule has 2 N–H and O–H groups in total. The van der Waals surface area contributed by atoms with Crippen LogP contribution in [0.2, 0.25) is 0 Å². The Labute approximate surface area is 183 Å². The molecule has 10 heteroatoms. The standard InChI is InChI=1S/C21H27N3O5S2/c1-5-30(26,27)24-10-6-7-17-13-18(8-9-20(17)24)23-31(28,29)19-11-14(2)21(15(3)12-19)22-16(4)25/h8-9,11-13,23H,5-7,10H2,1-4H3,(H,22,25). The van der Waals surface area contributed by atoms with Crippen molar-refractivity contribution in [2.24, 2.45) is 0 Å². The highest BCUT2D eigenvalue weighted by Crippen LogP contribution is 2.33. The van der Waals surface area contributed by atoms with Crippen molar-refractivity contribution in [1.29, 1.82) is 0 Å². The molecule has 0 saturated heterocycles. The largest absolute Gasteiger partial charge is 0.326 e. The zero-order valence-electron chi connectivity index (χ0n) is 18.0. The minimum absolute atomic E-state index is 0.00794. The molecule has 2 aromatic carbocycles. The molecular formula is C21H27N3O5S2. The van der Waals surface area contributed by atoms with Crippen LogP contribution in [0, 0.1) is 13.8 Å². The fourth-order valence-corrected chi connectivity index (χ4v) is 6.15. The number of aryl methyl sites for hydroxylation is 3. The van der Waals surface area contributed by atoms with E-state index in [1.165, 1.54) is 23.4 Å². The zero-order valence-corrected chi connectivity index (χ0v) is 19.7. The van der Waals surface area contributed by atoms with Gasteiger partial charge in [0.2, 0.25) is 15.9 Å². The Morgan fingerprint density at radius 3 is 2.29 bits per heavy atom. The lowest BCUT2D eigenvalue weighted by atomic mass is 10.0. The quantitative estimate of drug-likeness (QED) is 0.680. The summed E-state index contributed by atoms with van der Waals surface area (Å²) < 4.78 is 54.7. The van der Waals surface area contributed by atoms with Gasteiger partial charge in [-0.05, 0) is 80.6 Å². The van der Waals surface area contributed by atoms with E-state index in [4.69, 9.17) is 0 Å². The van der Waals surface area contributed by atoms with Gasteiger partial charge >= 0.3 is 0 Å². The predicted octanol–water partition coefficient (Wildman–Crippen LogP) is 3.16. The maximum Gasteiger partial charge on any atom is 0.261 e. The maximum absolute atomic E-state index is 13.0. The van der Waals surface area contributed by atoms with Crippen molar-refractivity contribution in [1.82, 2.24) is 0 Å². The lowest BCUT2D eigenvalue weighted by molar-refractivity contribution is -0.114. The summed E-state index contributed by atoms with van der Waals surface area (Å²) in [5.41, 5.74) is 3.63. The summed E-state index contributed by atoms with van der Waals surface area (Å²) in [6, 6.07) is 7.93. The predicted molar refractivity (Wildman–Crippen MR) is 123 cm³/mol. The zero-order chi connectivity index (χ0) is 23.0. The van der Waals surface area contributed by atoms with E-state index in [0.29, 0.717) is 47.6 Å². The first-order chi connectivity index (χ1) is 14.4. The van der Waals surface area contributed by atoms with Crippen molar-refractivity contribution in [2.45, 2.75) is 45.4 Å². The van der Waals surface area contributed by atoms with Crippen LogP contribution in [0.15, 0.2) is 35.2 Å². The molecule has 0 unspecified atom stereocenters. The van der Waals surface area contributed by atoms with Crippen LogP contribution in [-0.2, 0) is 31.3 Å². The molecule has 0 aromatic heterocycles. The summed E-state index contributed by atoms with van der Waals surface area (Å²) >= 11 is 0. The molecule has 0 fully saturated rings. The number of fused-ring (bicyclic) bond motifs is 1. The number of carbonyl (C=O) groups excluding carboxylic acids is 1. The smallest absolute Gasteiger partial charge is 0.261 e. The molecule has 0 saturated carbocycles. The number of hydrogen-bond donors (Lipinski definition) is 2. The van der Waals surface area contributed by atoms with Gasteiger partial charge in [-0.25, -0.2) is 16.8 Å². The molecule has 3 rings (SSSR count).